The van der Waals surface area contributed by atoms with Crippen LogP contribution in [-0.2, 0) is 0 Å². The van der Waals surface area contributed by atoms with Crippen LogP contribution in [0.3, 0.4) is 0 Å². The van der Waals surface area contributed by atoms with E-state index in [1.807, 2.05) is 31.2 Å². The van der Waals surface area contributed by atoms with Crippen LogP contribution in [0.4, 0.5) is 0 Å². The zero-order valence-electron chi connectivity index (χ0n) is 7.08. The molecule has 0 aliphatic rings. The molecular formula is C10H14S. The van der Waals surface area contributed by atoms with E-state index in [0.29, 0.717) is 0 Å². The monoisotopic (exact) mass is 166 g/mol. The van der Waals surface area contributed by atoms with E-state index in [9.17, 15) is 0 Å². The maximum absolute atomic E-state index is 3.61. The second-order valence-corrected chi connectivity index (χ2v) is 2.77. The van der Waals surface area contributed by atoms with Crippen molar-refractivity contribution in [2.45, 2.75) is 6.92 Å². The average molecular weight is 166 g/mol. The Morgan fingerprint density at radius 3 is 2.55 bits per heavy atom. The lowest BCUT2D eigenvalue weighted by molar-refractivity contribution is 1.72. The van der Waals surface area contributed by atoms with Crippen molar-refractivity contribution in [3.05, 3.63) is 47.9 Å². The predicted molar refractivity (Wildman–Crippen MR) is 55.7 cm³/mol. The van der Waals surface area contributed by atoms with Gasteiger partial charge < -0.3 is 0 Å². The Labute approximate surface area is 73.4 Å². The average Bonchev–Trinajstić information content (AvgIpc) is 2.05. The van der Waals surface area contributed by atoms with E-state index in [1.165, 1.54) is 4.91 Å². The first-order chi connectivity index (χ1) is 5.35. The highest BCUT2D eigenvalue weighted by Crippen LogP contribution is 2.12. The first-order valence-electron chi connectivity index (χ1n) is 3.51. The van der Waals surface area contributed by atoms with Gasteiger partial charge in [0.05, 0.1) is 0 Å². The van der Waals surface area contributed by atoms with Gasteiger partial charge in [-0.3, -0.25) is 0 Å². The molecule has 0 heterocycles. The molecular weight excluding hydrogens is 152 g/mol. The van der Waals surface area contributed by atoms with Crippen molar-refractivity contribution in [2.24, 2.45) is 0 Å². The molecule has 0 aromatic rings. The molecule has 0 amide bonds. The van der Waals surface area contributed by atoms with Crippen LogP contribution in [0.5, 0.6) is 0 Å². The molecule has 0 radical (unpaired) electrons. The van der Waals surface area contributed by atoms with Gasteiger partial charge in [-0.1, -0.05) is 30.9 Å². The van der Waals surface area contributed by atoms with Gasteiger partial charge in [0.1, 0.15) is 0 Å². The minimum absolute atomic E-state index is 1.24. The highest BCUT2D eigenvalue weighted by molar-refractivity contribution is 8.02. The zero-order valence-corrected chi connectivity index (χ0v) is 7.90. The summed E-state index contributed by atoms with van der Waals surface area (Å²) >= 11 is 1.73. The van der Waals surface area contributed by atoms with Crippen molar-refractivity contribution >= 4 is 11.8 Å². The second kappa shape index (κ2) is 7.42. The number of hydrogen-bond acceptors (Lipinski definition) is 1. The molecule has 60 valence electrons. The van der Waals surface area contributed by atoms with Gasteiger partial charge in [0.25, 0.3) is 0 Å². The Balaban J connectivity index is 4.14. The first-order valence-corrected chi connectivity index (χ1v) is 4.73. The summed E-state index contributed by atoms with van der Waals surface area (Å²) in [5.41, 5.74) is 0. The van der Waals surface area contributed by atoms with Crippen molar-refractivity contribution < 1.29 is 0 Å². The molecule has 0 aliphatic heterocycles. The van der Waals surface area contributed by atoms with Gasteiger partial charge in [-0.2, -0.15) is 0 Å². The van der Waals surface area contributed by atoms with Crippen LogP contribution in [0.25, 0.3) is 0 Å². The van der Waals surface area contributed by atoms with Crippen LogP contribution in [0.2, 0.25) is 0 Å². The van der Waals surface area contributed by atoms with Crippen LogP contribution in [0.15, 0.2) is 47.9 Å². The molecule has 0 unspecified atom stereocenters. The minimum Gasteiger partial charge on any atom is -0.130 e. The topological polar surface area (TPSA) is 0 Å². The molecule has 0 saturated carbocycles. The van der Waals surface area contributed by atoms with E-state index in [2.05, 4.69) is 18.9 Å². The van der Waals surface area contributed by atoms with Gasteiger partial charge in [-0.15, -0.1) is 11.8 Å². The van der Waals surface area contributed by atoms with Crippen LogP contribution in [0.1, 0.15) is 6.92 Å². The van der Waals surface area contributed by atoms with Crippen LogP contribution in [-0.4, -0.2) is 6.26 Å². The van der Waals surface area contributed by atoms with Gasteiger partial charge in [0, 0.05) is 4.91 Å². The lowest BCUT2D eigenvalue weighted by atomic mass is 10.4. The summed E-state index contributed by atoms with van der Waals surface area (Å²) in [5.74, 6) is 0. The Kier molecular flexibility index (Phi) is 6.95. The summed E-state index contributed by atoms with van der Waals surface area (Å²) in [5, 5.41) is 0. The van der Waals surface area contributed by atoms with Gasteiger partial charge in [-0.05, 0) is 25.3 Å². The standard InChI is InChI=1S/C10H14S/c1-4-6-8-10(11-3)9-7-5-2/h4-9H,1H2,2-3H3/b7-5-,8-6-,10-9+. The molecule has 0 aliphatic carbocycles. The minimum atomic E-state index is 1.24. The summed E-state index contributed by atoms with van der Waals surface area (Å²) in [6.45, 7) is 5.61. The Morgan fingerprint density at radius 1 is 1.36 bits per heavy atom. The summed E-state index contributed by atoms with van der Waals surface area (Å²) in [7, 11) is 0. The maximum Gasteiger partial charge on any atom is 0.00690 e. The molecule has 0 aromatic heterocycles. The summed E-state index contributed by atoms with van der Waals surface area (Å²) in [4.78, 5) is 1.24. The smallest absolute Gasteiger partial charge is 0.00690 e. The van der Waals surface area contributed by atoms with Crippen LogP contribution >= 0.6 is 11.8 Å². The van der Waals surface area contributed by atoms with E-state index in [0.717, 1.165) is 0 Å². The Morgan fingerprint density at radius 2 is 2.09 bits per heavy atom. The molecule has 0 spiro atoms. The van der Waals surface area contributed by atoms with Crippen molar-refractivity contribution in [2.75, 3.05) is 6.26 Å². The quantitative estimate of drug-likeness (QED) is 0.575. The maximum atomic E-state index is 3.61. The summed E-state index contributed by atoms with van der Waals surface area (Å²) in [6.07, 6.45) is 13.9. The highest BCUT2D eigenvalue weighted by Gasteiger charge is 1.82. The molecule has 0 saturated heterocycles. The largest absolute Gasteiger partial charge is 0.130 e. The van der Waals surface area contributed by atoms with Crippen molar-refractivity contribution in [1.82, 2.24) is 0 Å². The third-order valence-electron chi connectivity index (χ3n) is 1.09. The highest BCUT2D eigenvalue weighted by atomic mass is 32.2. The van der Waals surface area contributed by atoms with Gasteiger partial charge in [0.15, 0.2) is 0 Å². The molecule has 0 fully saturated rings. The fourth-order valence-electron chi connectivity index (χ4n) is 0.546. The third-order valence-corrected chi connectivity index (χ3v) is 1.83. The van der Waals surface area contributed by atoms with E-state index >= 15 is 0 Å². The summed E-state index contributed by atoms with van der Waals surface area (Å²) in [6, 6.07) is 0. The molecule has 0 nitrogen and oxygen atoms in total. The SMILES string of the molecule is C=C\C=C/C(=C\C=C/C)SC. The van der Waals surface area contributed by atoms with E-state index in [1.54, 1.807) is 17.8 Å². The van der Waals surface area contributed by atoms with Crippen molar-refractivity contribution in [3.63, 3.8) is 0 Å². The van der Waals surface area contributed by atoms with Crippen LogP contribution < -0.4 is 0 Å². The van der Waals surface area contributed by atoms with E-state index in [-0.39, 0.29) is 0 Å². The molecule has 0 aromatic carbocycles. The molecule has 0 rings (SSSR count). The number of allylic oxidation sites excluding steroid dienone is 6. The number of thioether (sulfide) groups is 1. The lowest BCUT2D eigenvalue weighted by Crippen LogP contribution is -1.65. The van der Waals surface area contributed by atoms with Gasteiger partial charge in [0.2, 0.25) is 0 Å². The Hall–Kier alpha value is -0.690. The molecule has 1 heteroatoms. The fourth-order valence-corrected chi connectivity index (χ4v) is 0.975. The predicted octanol–water partition coefficient (Wildman–Crippen LogP) is 3.55. The number of rotatable bonds is 4. The molecule has 0 N–H and O–H groups in total. The Bertz CT molecular complexity index is 185. The summed E-state index contributed by atoms with van der Waals surface area (Å²) < 4.78 is 0. The van der Waals surface area contributed by atoms with E-state index < -0.39 is 0 Å². The normalized spacial score (nSPS) is 13.1. The number of hydrogen-bond donors (Lipinski definition) is 0. The second-order valence-electron chi connectivity index (χ2n) is 1.89. The third kappa shape index (κ3) is 5.74. The van der Waals surface area contributed by atoms with Gasteiger partial charge in [-0.25, -0.2) is 0 Å². The van der Waals surface area contributed by atoms with Gasteiger partial charge >= 0.3 is 0 Å². The van der Waals surface area contributed by atoms with Crippen LogP contribution in [0, 0.1) is 0 Å². The lowest BCUT2D eigenvalue weighted by Gasteiger charge is -1.91. The zero-order chi connectivity index (χ0) is 8.53. The van der Waals surface area contributed by atoms with Crippen molar-refractivity contribution in [3.8, 4) is 0 Å². The molecule has 0 bridgehead atoms. The molecule has 11 heavy (non-hydrogen) atoms. The van der Waals surface area contributed by atoms with Crippen molar-refractivity contribution in [1.29, 1.82) is 0 Å². The molecule has 0 atom stereocenters. The van der Waals surface area contributed by atoms with E-state index in [4.69, 9.17) is 0 Å². The first kappa shape index (κ1) is 10.3. The fraction of sp³-hybridized carbons (Fsp3) is 0.200.